The highest BCUT2D eigenvalue weighted by Gasteiger charge is 2.20. The number of carbonyl (C=O) groups excluding carboxylic acids is 1. The molecule has 0 bridgehead atoms. The number of aliphatic imine (C=N–C) groups is 1. The number of halogens is 1. The maximum Gasteiger partial charge on any atom is 0.350 e. The number of aromatic nitrogens is 1. The Labute approximate surface area is 193 Å². The van der Waals surface area contributed by atoms with E-state index in [1.807, 2.05) is 32.9 Å². The van der Waals surface area contributed by atoms with E-state index in [4.69, 9.17) is 9.15 Å². The molecule has 2 heterocycles. The second kappa shape index (κ2) is 12.6. The van der Waals surface area contributed by atoms with E-state index in [1.165, 1.54) is 11.3 Å². The SMILES string of the molecule is C=C(C)CN=C(NCCc1ccco1)NC(C)c1nc(C)c(C(=O)OCC)s1.I. The third kappa shape index (κ3) is 8.17. The summed E-state index contributed by atoms with van der Waals surface area (Å²) in [7, 11) is 0. The highest BCUT2D eigenvalue weighted by atomic mass is 127. The maximum absolute atomic E-state index is 12.0. The van der Waals surface area contributed by atoms with Gasteiger partial charge in [-0.15, -0.1) is 35.3 Å². The van der Waals surface area contributed by atoms with Crippen molar-refractivity contribution < 1.29 is 13.9 Å². The Bertz CT molecular complexity index is 818. The predicted molar refractivity (Wildman–Crippen MR) is 127 cm³/mol. The summed E-state index contributed by atoms with van der Waals surface area (Å²) in [5.74, 6) is 1.24. The molecule has 2 aromatic heterocycles. The molecule has 160 valence electrons. The molecule has 29 heavy (non-hydrogen) atoms. The first-order valence-corrected chi connectivity index (χ1v) is 10.1. The monoisotopic (exact) mass is 532 g/mol. The van der Waals surface area contributed by atoms with Crippen LogP contribution in [-0.4, -0.2) is 36.6 Å². The number of hydrogen-bond donors (Lipinski definition) is 2. The molecule has 0 fully saturated rings. The molecule has 2 rings (SSSR count). The van der Waals surface area contributed by atoms with Crippen molar-refractivity contribution in [2.45, 2.75) is 40.2 Å². The Balaban J connectivity index is 0.00000420. The van der Waals surface area contributed by atoms with Gasteiger partial charge in [-0.05, 0) is 39.8 Å². The summed E-state index contributed by atoms with van der Waals surface area (Å²) in [6, 6.07) is 3.70. The number of nitrogens with zero attached hydrogens (tertiary/aromatic N) is 2. The Kier molecular flexibility index (Phi) is 11.0. The number of esters is 1. The van der Waals surface area contributed by atoms with Crippen molar-refractivity contribution in [1.82, 2.24) is 15.6 Å². The molecule has 0 aliphatic heterocycles. The van der Waals surface area contributed by atoms with Gasteiger partial charge in [0, 0.05) is 13.0 Å². The van der Waals surface area contributed by atoms with Crippen molar-refractivity contribution in [3.63, 3.8) is 0 Å². The molecule has 0 amide bonds. The zero-order valence-corrected chi connectivity index (χ0v) is 20.4. The molecule has 2 aromatic rings. The van der Waals surface area contributed by atoms with Crippen LogP contribution in [-0.2, 0) is 11.2 Å². The van der Waals surface area contributed by atoms with Crippen LogP contribution in [0.2, 0.25) is 0 Å². The van der Waals surface area contributed by atoms with E-state index in [9.17, 15) is 4.79 Å². The molecule has 7 nitrogen and oxygen atoms in total. The van der Waals surface area contributed by atoms with E-state index in [2.05, 4.69) is 27.2 Å². The van der Waals surface area contributed by atoms with Gasteiger partial charge in [-0.3, -0.25) is 0 Å². The summed E-state index contributed by atoms with van der Waals surface area (Å²) in [6.07, 6.45) is 2.41. The summed E-state index contributed by atoms with van der Waals surface area (Å²) in [5.41, 5.74) is 1.65. The van der Waals surface area contributed by atoms with Gasteiger partial charge in [0.05, 0.1) is 31.2 Å². The van der Waals surface area contributed by atoms with Crippen LogP contribution >= 0.6 is 35.3 Å². The average Bonchev–Trinajstić information content (AvgIpc) is 3.29. The summed E-state index contributed by atoms with van der Waals surface area (Å²) in [5, 5.41) is 7.45. The number of nitrogens with one attached hydrogen (secondary N) is 2. The largest absolute Gasteiger partial charge is 0.469 e. The Morgan fingerprint density at radius 3 is 2.86 bits per heavy atom. The molecule has 9 heteroatoms. The van der Waals surface area contributed by atoms with Crippen molar-refractivity contribution >= 4 is 47.2 Å². The molecular formula is C20H29IN4O3S. The van der Waals surface area contributed by atoms with Gasteiger partial charge in [0.15, 0.2) is 5.96 Å². The topological polar surface area (TPSA) is 88.8 Å². The minimum Gasteiger partial charge on any atom is -0.469 e. The van der Waals surface area contributed by atoms with Gasteiger partial charge in [-0.2, -0.15) is 0 Å². The van der Waals surface area contributed by atoms with Crippen molar-refractivity contribution in [2.75, 3.05) is 19.7 Å². The number of thiazole rings is 1. The lowest BCUT2D eigenvalue weighted by molar-refractivity contribution is 0.0531. The van der Waals surface area contributed by atoms with Crippen LogP contribution < -0.4 is 10.6 Å². The van der Waals surface area contributed by atoms with Gasteiger partial charge in [0.2, 0.25) is 0 Å². The highest BCUT2D eigenvalue weighted by Crippen LogP contribution is 2.24. The molecule has 0 saturated heterocycles. The van der Waals surface area contributed by atoms with Crippen LogP contribution in [0, 0.1) is 6.92 Å². The van der Waals surface area contributed by atoms with E-state index in [0.717, 1.165) is 22.8 Å². The first-order chi connectivity index (χ1) is 13.4. The van der Waals surface area contributed by atoms with Crippen LogP contribution in [0.4, 0.5) is 0 Å². The fourth-order valence-corrected chi connectivity index (χ4v) is 3.34. The molecule has 0 aliphatic carbocycles. The van der Waals surface area contributed by atoms with Gasteiger partial charge in [-0.1, -0.05) is 12.2 Å². The van der Waals surface area contributed by atoms with Crippen molar-refractivity contribution in [1.29, 1.82) is 0 Å². The molecule has 0 saturated carbocycles. The van der Waals surface area contributed by atoms with Crippen LogP contribution in [0.25, 0.3) is 0 Å². The molecular weight excluding hydrogens is 503 g/mol. The third-order valence-electron chi connectivity index (χ3n) is 3.75. The lowest BCUT2D eigenvalue weighted by Crippen LogP contribution is -2.40. The first kappa shape index (κ1) is 25.2. The number of guanidine groups is 1. The fraction of sp³-hybridized carbons (Fsp3) is 0.450. The standard InChI is InChI=1S/C20H28N4O3S.HI/c1-6-26-19(25)17-14(4)23-18(28-17)15(5)24-20(22-12-13(2)3)21-10-9-16-8-7-11-27-16;/h7-8,11,15H,2,6,9-10,12H2,1,3-5H3,(H2,21,22,24);1H. The lowest BCUT2D eigenvalue weighted by Gasteiger charge is -2.16. The maximum atomic E-state index is 12.0. The lowest BCUT2D eigenvalue weighted by atomic mass is 10.3. The number of hydrogen-bond acceptors (Lipinski definition) is 6. The molecule has 1 unspecified atom stereocenters. The van der Waals surface area contributed by atoms with Gasteiger partial charge >= 0.3 is 5.97 Å². The first-order valence-electron chi connectivity index (χ1n) is 9.26. The smallest absolute Gasteiger partial charge is 0.350 e. The zero-order chi connectivity index (χ0) is 20.5. The highest BCUT2D eigenvalue weighted by molar-refractivity contribution is 14.0. The normalized spacial score (nSPS) is 12.1. The van der Waals surface area contributed by atoms with E-state index >= 15 is 0 Å². The van der Waals surface area contributed by atoms with E-state index in [-0.39, 0.29) is 36.0 Å². The molecule has 0 spiro atoms. The van der Waals surface area contributed by atoms with E-state index in [1.54, 1.807) is 13.2 Å². The van der Waals surface area contributed by atoms with Crippen LogP contribution in [0.5, 0.6) is 0 Å². The summed E-state index contributed by atoms with van der Waals surface area (Å²) in [4.78, 5) is 21.6. The number of carbonyl (C=O) groups is 1. The number of rotatable bonds is 9. The molecule has 0 radical (unpaired) electrons. The quantitative estimate of drug-likeness (QED) is 0.165. The number of furan rings is 1. The van der Waals surface area contributed by atoms with Crippen LogP contribution in [0.3, 0.4) is 0 Å². The summed E-state index contributed by atoms with van der Waals surface area (Å²) >= 11 is 1.34. The minimum absolute atomic E-state index is 0. The van der Waals surface area contributed by atoms with Crippen molar-refractivity contribution in [3.8, 4) is 0 Å². The Morgan fingerprint density at radius 1 is 1.48 bits per heavy atom. The number of aryl methyl sites for hydroxylation is 1. The van der Waals surface area contributed by atoms with Crippen molar-refractivity contribution in [2.24, 2.45) is 4.99 Å². The molecule has 1 atom stereocenters. The van der Waals surface area contributed by atoms with Crippen LogP contribution in [0.1, 0.15) is 52.9 Å². The Hall–Kier alpha value is -1.88. The second-order valence-corrected chi connectivity index (χ2v) is 7.46. The van der Waals surface area contributed by atoms with Crippen molar-refractivity contribution in [3.05, 3.63) is 51.9 Å². The summed E-state index contributed by atoms with van der Waals surface area (Å²) < 4.78 is 10.4. The minimum atomic E-state index is -0.330. The van der Waals surface area contributed by atoms with Crippen LogP contribution in [0.15, 0.2) is 40.0 Å². The third-order valence-corrected chi connectivity index (χ3v) is 5.07. The summed E-state index contributed by atoms with van der Waals surface area (Å²) in [6.45, 7) is 13.0. The zero-order valence-electron chi connectivity index (χ0n) is 17.3. The van der Waals surface area contributed by atoms with Gasteiger partial charge in [0.25, 0.3) is 0 Å². The van der Waals surface area contributed by atoms with E-state index in [0.29, 0.717) is 36.2 Å². The molecule has 2 N–H and O–H groups in total. The Morgan fingerprint density at radius 2 is 2.24 bits per heavy atom. The molecule has 0 aliphatic rings. The molecule has 0 aromatic carbocycles. The van der Waals surface area contributed by atoms with E-state index < -0.39 is 0 Å². The van der Waals surface area contributed by atoms with Gasteiger partial charge in [-0.25, -0.2) is 14.8 Å². The average molecular weight is 532 g/mol. The predicted octanol–water partition coefficient (Wildman–Crippen LogP) is 4.25. The van der Waals surface area contributed by atoms with Gasteiger partial charge < -0.3 is 19.8 Å². The second-order valence-electron chi connectivity index (χ2n) is 6.43. The fourth-order valence-electron chi connectivity index (χ4n) is 2.38. The number of ether oxygens (including phenoxy) is 1. The van der Waals surface area contributed by atoms with Gasteiger partial charge in [0.1, 0.15) is 15.6 Å².